The zero-order chi connectivity index (χ0) is 18.1. The Morgan fingerprint density at radius 3 is 2.08 bits per heavy atom. The van der Waals surface area contributed by atoms with Crippen molar-refractivity contribution in [1.82, 2.24) is 0 Å². The Hall–Kier alpha value is -1.32. The fraction of sp³-hybridized carbons (Fsp3) is 0.786. The monoisotopic (exact) mass is 362 g/mol. The van der Waals surface area contributed by atoms with Gasteiger partial charge in [-0.05, 0) is 30.6 Å². The van der Waals surface area contributed by atoms with E-state index >= 15 is 0 Å². The van der Waals surface area contributed by atoms with Crippen LogP contribution in [0.15, 0.2) is 12.2 Å². The van der Waals surface area contributed by atoms with Crippen LogP contribution in [0.3, 0.4) is 0 Å². The Labute approximate surface area is 131 Å². The molecule has 2 bridgehead atoms. The van der Waals surface area contributed by atoms with E-state index in [4.69, 9.17) is 0 Å². The number of carbonyl (C=O) groups excluding carboxylic acids is 1. The maximum Gasteiger partial charge on any atom is 0.465 e. The number of rotatable bonds is 3. The van der Waals surface area contributed by atoms with E-state index in [9.17, 15) is 35.5 Å². The average molecular weight is 362 g/mol. The van der Waals surface area contributed by atoms with Crippen molar-refractivity contribution >= 4 is 5.97 Å². The summed E-state index contributed by atoms with van der Waals surface area (Å²) in [6.07, 6.45) is -8.64. The summed E-state index contributed by atoms with van der Waals surface area (Å²) >= 11 is 0. The van der Waals surface area contributed by atoms with Crippen LogP contribution in [0.1, 0.15) is 12.8 Å². The van der Waals surface area contributed by atoms with Gasteiger partial charge in [-0.1, -0.05) is 12.2 Å². The summed E-state index contributed by atoms with van der Waals surface area (Å²) in [5.74, 6) is -8.94. The second-order valence-electron chi connectivity index (χ2n) is 6.41. The number of fused-ring (bicyclic) bond motifs is 5. The summed E-state index contributed by atoms with van der Waals surface area (Å²) in [5, 5.41) is 0. The predicted molar refractivity (Wildman–Crippen MR) is 64.1 cm³/mol. The van der Waals surface area contributed by atoms with Gasteiger partial charge >= 0.3 is 24.1 Å². The molecule has 0 aromatic carbocycles. The lowest BCUT2D eigenvalue weighted by atomic mass is 9.58. The van der Waals surface area contributed by atoms with Crippen LogP contribution in [0.5, 0.6) is 0 Å². The summed E-state index contributed by atoms with van der Waals surface area (Å²) in [7, 11) is 0.100. The van der Waals surface area contributed by atoms with E-state index in [1.54, 1.807) is 6.08 Å². The zero-order valence-corrected chi connectivity index (χ0v) is 12.2. The van der Waals surface area contributed by atoms with Crippen LogP contribution >= 0.6 is 0 Å². The number of allylic oxidation sites excluding steroid dienone is 2. The van der Waals surface area contributed by atoms with Crippen LogP contribution in [-0.2, 0) is 14.3 Å². The lowest BCUT2D eigenvalue weighted by molar-refractivity contribution is -0.453. The van der Waals surface area contributed by atoms with Gasteiger partial charge in [-0.2, -0.15) is 26.3 Å². The van der Waals surface area contributed by atoms with Crippen LogP contribution in [0, 0.1) is 23.7 Å². The molecular weight excluding hydrogens is 349 g/mol. The molecule has 2 saturated carbocycles. The molecule has 0 saturated heterocycles. The lowest BCUT2D eigenvalue weighted by Crippen LogP contribution is -2.65. The van der Waals surface area contributed by atoms with E-state index in [1.807, 2.05) is 6.08 Å². The number of hydrogen-bond donors (Lipinski definition) is 0. The molecule has 0 spiro atoms. The molecule has 10 heteroatoms. The maximum atomic E-state index is 14.9. The summed E-state index contributed by atoms with van der Waals surface area (Å²) in [4.78, 5) is 11.9. The molecule has 0 N–H and O–H groups in total. The summed E-state index contributed by atoms with van der Waals surface area (Å²) in [6.45, 7) is 0. The molecule has 0 heterocycles. The molecule has 0 aromatic rings. The average Bonchev–Trinajstić information content (AvgIpc) is 2.97. The number of ether oxygens (including phenoxy) is 2. The molecule has 3 rings (SSSR count). The summed E-state index contributed by atoms with van der Waals surface area (Å²) in [6, 6.07) is 0. The third-order valence-electron chi connectivity index (χ3n) is 5.29. The first-order chi connectivity index (χ1) is 10.9. The molecule has 3 aliphatic rings. The minimum atomic E-state index is -6.11. The fourth-order valence-corrected chi connectivity index (χ4v) is 4.18. The fourth-order valence-electron chi connectivity index (χ4n) is 4.18. The van der Waals surface area contributed by atoms with Crippen molar-refractivity contribution in [3.05, 3.63) is 12.2 Å². The van der Waals surface area contributed by atoms with E-state index < -0.39 is 42.1 Å². The molecular formula is C14H13F7O3. The number of hydrogen-bond acceptors (Lipinski definition) is 3. The highest BCUT2D eigenvalue weighted by Gasteiger charge is 2.78. The van der Waals surface area contributed by atoms with Gasteiger partial charge in [0.05, 0.1) is 0 Å². The van der Waals surface area contributed by atoms with Crippen molar-refractivity contribution in [2.24, 2.45) is 23.7 Å². The Balaban J connectivity index is 1.86. The topological polar surface area (TPSA) is 35.5 Å². The third kappa shape index (κ3) is 2.04. The van der Waals surface area contributed by atoms with E-state index in [-0.39, 0.29) is 24.9 Å². The van der Waals surface area contributed by atoms with E-state index in [0.29, 0.717) is 6.42 Å². The van der Waals surface area contributed by atoms with Crippen LogP contribution < -0.4 is 0 Å². The molecule has 3 aliphatic carbocycles. The van der Waals surface area contributed by atoms with Gasteiger partial charge in [-0.15, -0.1) is 0 Å². The molecule has 24 heavy (non-hydrogen) atoms. The first kappa shape index (κ1) is 17.5. The highest BCUT2D eigenvalue weighted by molar-refractivity contribution is 5.82. The normalized spacial score (nSPS) is 38.0. The Morgan fingerprint density at radius 1 is 1.08 bits per heavy atom. The largest absolute Gasteiger partial charge is 0.465 e. The second kappa shape index (κ2) is 4.86. The molecule has 0 radical (unpaired) electrons. The van der Waals surface area contributed by atoms with Gasteiger partial charge in [0.1, 0.15) is 0 Å². The summed E-state index contributed by atoms with van der Waals surface area (Å²) < 4.78 is 99.4. The molecule has 3 nitrogen and oxygen atoms in total. The molecule has 136 valence electrons. The number of halogens is 7. The van der Waals surface area contributed by atoms with Gasteiger partial charge in [-0.3, -0.25) is 0 Å². The molecule has 0 aliphatic heterocycles. The quantitative estimate of drug-likeness (QED) is 0.333. The van der Waals surface area contributed by atoms with Gasteiger partial charge in [0.2, 0.25) is 5.67 Å². The smallest absolute Gasteiger partial charge is 0.413 e. The zero-order valence-electron chi connectivity index (χ0n) is 12.2. The molecule has 2 fully saturated rings. The van der Waals surface area contributed by atoms with Gasteiger partial charge in [0.15, 0.2) is 0 Å². The van der Waals surface area contributed by atoms with Gasteiger partial charge in [0.25, 0.3) is 0 Å². The minimum absolute atomic E-state index is 0.00842. The van der Waals surface area contributed by atoms with Crippen molar-refractivity contribution in [2.45, 2.75) is 36.7 Å². The Morgan fingerprint density at radius 2 is 1.62 bits per heavy atom. The van der Waals surface area contributed by atoms with Crippen molar-refractivity contribution in [3.63, 3.8) is 0 Å². The predicted octanol–water partition coefficient (Wildman–Crippen LogP) is 3.55. The van der Waals surface area contributed by atoms with E-state index in [0.717, 1.165) is 0 Å². The van der Waals surface area contributed by atoms with Crippen LogP contribution in [0.4, 0.5) is 30.7 Å². The van der Waals surface area contributed by atoms with Gasteiger partial charge in [0, 0.05) is 13.0 Å². The Bertz CT molecular complexity index is 568. The van der Waals surface area contributed by atoms with Crippen molar-refractivity contribution in [2.75, 3.05) is 7.11 Å². The molecule has 5 atom stereocenters. The van der Waals surface area contributed by atoms with Crippen LogP contribution in [-0.4, -0.2) is 36.9 Å². The minimum Gasteiger partial charge on any atom is -0.413 e. The maximum absolute atomic E-state index is 14.9. The first-order valence-electron chi connectivity index (χ1n) is 7.16. The third-order valence-corrected chi connectivity index (χ3v) is 5.29. The standard InChI is InChI=1S/C14H13F7O3/c1-23-12(13(16,17)18,14(19,20)21)24-10(22)11(15)5-8-6-2-3-7(4-6)9(8)11/h2-3,6-9H,4-5H2,1H3. The van der Waals surface area contributed by atoms with E-state index in [2.05, 4.69) is 9.47 Å². The first-order valence-corrected chi connectivity index (χ1v) is 7.16. The number of methoxy groups -OCH3 is 1. The molecule has 0 amide bonds. The second-order valence-corrected chi connectivity index (χ2v) is 6.41. The lowest BCUT2D eigenvalue weighted by Gasteiger charge is -2.49. The van der Waals surface area contributed by atoms with Gasteiger partial charge in [-0.25, -0.2) is 9.18 Å². The van der Waals surface area contributed by atoms with Crippen molar-refractivity contribution in [1.29, 1.82) is 0 Å². The van der Waals surface area contributed by atoms with Crippen LogP contribution in [0.25, 0.3) is 0 Å². The number of esters is 1. The van der Waals surface area contributed by atoms with Crippen LogP contribution in [0.2, 0.25) is 0 Å². The Kier molecular flexibility index (Phi) is 3.54. The van der Waals surface area contributed by atoms with E-state index in [1.165, 1.54) is 0 Å². The van der Waals surface area contributed by atoms with Gasteiger partial charge < -0.3 is 9.47 Å². The summed E-state index contributed by atoms with van der Waals surface area (Å²) in [5.41, 5.74) is -2.87. The molecule has 0 aromatic heterocycles. The highest BCUT2D eigenvalue weighted by Crippen LogP contribution is 2.65. The van der Waals surface area contributed by atoms with Crippen molar-refractivity contribution < 1.29 is 45.0 Å². The number of carbonyl (C=O) groups is 1. The molecule has 5 unspecified atom stereocenters. The number of alkyl halides is 7. The highest BCUT2D eigenvalue weighted by atomic mass is 19.4. The SMILES string of the molecule is COC(OC(=O)C1(F)CC2C3C=CC(C3)C21)(C(F)(F)F)C(F)(F)F. The van der Waals surface area contributed by atoms with Crippen molar-refractivity contribution in [3.8, 4) is 0 Å².